The van der Waals surface area contributed by atoms with Crippen LogP contribution in [0, 0.1) is 0 Å². The standard InChI is InChI=1S/C19H17ClN2OS.ClH/c20-17-9-8-15(13-5-2-1-3-6-13)16(11-21)18(17)24-19-14(12-23)7-4-10-22-19;/h1-10,23H,11-12,21H2;1H. The Morgan fingerprint density at radius 1 is 1.04 bits per heavy atom. The quantitative estimate of drug-likeness (QED) is 0.646. The Balaban J connectivity index is 0.00000225. The van der Waals surface area contributed by atoms with Gasteiger partial charge in [0.05, 0.1) is 11.6 Å². The molecule has 0 spiro atoms. The van der Waals surface area contributed by atoms with Crippen LogP contribution in [0.25, 0.3) is 11.1 Å². The van der Waals surface area contributed by atoms with Gasteiger partial charge < -0.3 is 10.8 Å². The van der Waals surface area contributed by atoms with Crippen LogP contribution in [0.5, 0.6) is 0 Å². The number of aliphatic hydroxyl groups excluding tert-OH is 1. The predicted octanol–water partition coefficient (Wildman–Crippen LogP) is 4.93. The van der Waals surface area contributed by atoms with Gasteiger partial charge in [0.15, 0.2) is 0 Å². The first-order valence-corrected chi connectivity index (χ1v) is 8.73. The smallest absolute Gasteiger partial charge is 0.106 e. The molecule has 3 aromatic rings. The second-order valence-corrected chi connectivity index (χ2v) is 6.61. The van der Waals surface area contributed by atoms with Gasteiger partial charge >= 0.3 is 0 Å². The third kappa shape index (κ3) is 4.35. The zero-order valence-electron chi connectivity index (χ0n) is 13.4. The maximum atomic E-state index is 9.51. The molecule has 25 heavy (non-hydrogen) atoms. The lowest BCUT2D eigenvalue weighted by molar-refractivity contribution is 0.278. The van der Waals surface area contributed by atoms with E-state index in [0.29, 0.717) is 11.6 Å². The molecule has 0 saturated carbocycles. The Morgan fingerprint density at radius 2 is 1.80 bits per heavy atom. The number of benzene rings is 2. The lowest BCUT2D eigenvalue weighted by Gasteiger charge is -2.16. The number of hydrogen-bond acceptors (Lipinski definition) is 4. The molecule has 1 aromatic heterocycles. The maximum Gasteiger partial charge on any atom is 0.106 e. The summed E-state index contributed by atoms with van der Waals surface area (Å²) in [7, 11) is 0. The van der Waals surface area contributed by atoms with Crippen LogP contribution >= 0.6 is 35.8 Å². The fourth-order valence-corrected chi connectivity index (χ4v) is 3.88. The van der Waals surface area contributed by atoms with E-state index in [0.717, 1.165) is 32.2 Å². The third-order valence-electron chi connectivity index (χ3n) is 3.72. The molecule has 0 atom stereocenters. The van der Waals surface area contributed by atoms with Crippen molar-refractivity contribution in [1.82, 2.24) is 4.98 Å². The van der Waals surface area contributed by atoms with Crippen LogP contribution in [-0.2, 0) is 13.2 Å². The number of aliphatic hydroxyl groups is 1. The summed E-state index contributed by atoms with van der Waals surface area (Å²) in [5.74, 6) is 0. The van der Waals surface area contributed by atoms with E-state index in [9.17, 15) is 5.11 Å². The van der Waals surface area contributed by atoms with Crippen molar-refractivity contribution >= 4 is 35.8 Å². The highest BCUT2D eigenvalue weighted by molar-refractivity contribution is 7.99. The molecule has 0 unspecified atom stereocenters. The number of nitrogens with two attached hydrogens (primary N) is 1. The summed E-state index contributed by atoms with van der Waals surface area (Å²) in [5.41, 5.74) is 9.95. The van der Waals surface area contributed by atoms with Gasteiger partial charge in [0.1, 0.15) is 5.03 Å². The molecule has 0 amide bonds. The summed E-state index contributed by atoms with van der Waals surface area (Å²) in [5, 5.41) is 10.9. The van der Waals surface area contributed by atoms with E-state index in [-0.39, 0.29) is 19.0 Å². The predicted molar refractivity (Wildman–Crippen MR) is 106 cm³/mol. The van der Waals surface area contributed by atoms with E-state index in [4.69, 9.17) is 17.3 Å². The molecule has 130 valence electrons. The molecule has 0 aliphatic rings. The minimum absolute atomic E-state index is 0. The highest BCUT2D eigenvalue weighted by atomic mass is 35.5. The Kier molecular flexibility index (Phi) is 7.29. The monoisotopic (exact) mass is 392 g/mol. The normalized spacial score (nSPS) is 10.4. The highest BCUT2D eigenvalue weighted by Crippen LogP contribution is 2.40. The fourth-order valence-electron chi connectivity index (χ4n) is 2.53. The number of halogens is 2. The van der Waals surface area contributed by atoms with E-state index in [1.807, 2.05) is 36.4 Å². The summed E-state index contributed by atoms with van der Waals surface area (Å²) in [4.78, 5) is 5.25. The SMILES string of the molecule is Cl.NCc1c(-c2ccccc2)ccc(Cl)c1Sc1ncccc1CO. The van der Waals surface area contributed by atoms with Gasteiger partial charge in [-0.3, -0.25) is 0 Å². The van der Waals surface area contributed by atoms with Crippen molar-refractivity contribution < 1.29 is 5.11 Å². The first-order valence-electron chi connectivity index (χ1n) is 7.54. The molecule has 0 saturated heterocycles. The van der Waals surface area contributed by atoms with Gasteiger partial charge in [0.25, 0.3) is 0 Å². The molecule has 6 heteroatoms. The van der Waals surface area contributed by atoms with Crippen LogP contribution in [0.4, 0.5) is 0 Å². The Bertz CT molecular complexity index is 844. The number of nitrogens with zero attached hydrogens (tertiary/aromatic N) is 1. The molecule has 2 aromatic carbocycles. The van der Waals surface area contributed by atoms with E-state index in [1.54, 1.807) is 12.3 Å². The summed E-state index contributed by atoms with van der Waals surface area (Å²) < 4.78 is 0. The molecule has 3 N–H and O–H groups in total. The lowest BCUT2D eigenvalue weighted by Crippen LogP contribution is -2.02. The van der Waals surface area contributed by atoms with Crippen molar-refractivity contribution in [1.29, 1.82) is 0 Å². The van der Waals surface area contributed by atoms with Crippen molar-refractivity contribution in [2.75, 3.05) is 0 Å². The van der Waals surface area contributed by atoms with Crippen LogP contribution in [0.15, 0.2) is 70.7 Å². The zero-order valence-corrected chi connectivity index (χ0v) is 15.7. The number of hydrogen-bond donors (Lipinski definition) is 2. The largest absolute Gasteiger partial charge is 0.392 e. The Labute approximate surface area is 162 Å². The molecular formula is C19H18Cl2N2OS. The number of aromatic nitrogens is 1. The van der Waals surface area contributed by atoms with Crippen molar-refractivity contribution in [3.05, 3.63) is 76.9 Å². The van der Waals surface area contributed by atoms with Crippen LogP contribution in [0.1, 0.15) is 11.1 Å². The topological polar surface area (TPSA) is 59.1 Å². The number of pyridine rings is 1. The highest BCUT2D eigenvalue weighted by Gasteiger charge is 2.16. The molecule has 3 nitrogen and oxygen atoms in total. The van der Waals surface area contributed by atoms with Gasteiger partial charge in [-0.05, 0) is 28.8 Å². The van der Waals surface area contributed by atoms with Crippen LogP contribution in [0.3, 0.4) is 0 Å². The van der Waals surface area contributed by atoms with E-state index >= 15 is 0 Å². The summed E-state index contributed by atoms with van der Waals surface area (Å²) >= 11 is 7.89. The third-order valence-corrected chi connectivity index (χ3v) is 5.38. The molecular weight excluding hydrogens is 375 g/mol. The van der Waals surface area contributed by atoms with E-state index < -0.39 is 0 Å². The van der Waals surface area contributed by atoms with Crippen molar-refractivity contribution in [3.8, 4) is 11.1 Å². The van der Waals surface area contributed by atoms with Gasteiger partial charge in [-0.1, -0.05) is 65.8 Å². The average Bonchev–Trinajstić information content (AvgIpc) is 2.64. The van der Waals surface area contributed by atoms with Crippen molar-refractivity contribution in [2.24, 2.45) is 5.73 Å². The molecule has 0 aliphatic heterocycles. The zero-order chi connectivity index (χ0) is 16.9. The molecule has 1 heterocycles. The summed E-state index contributed by atoms with van der Waals surface area (Å²) in [6.45, 7) is 0.304. The molecule has 3 rings (SSSR count). The molecule has 0 aliphatic carbocycles. The first-order chi connectivity index (χ1) is 11.7. The Morgan fingerprint density at radius 3 is 2.48 bits per heavy atom. The second-order valence-electron chi connectivity index (χ2n) is 5.20. The second kappa shape index (κ2) is 9.22. The van der Waals surface area contributed by atoms with Gasteiger partial charge in [-0.25, -0.2) is 4.98 Å². The van der Waals surface area contributed by atoms with Crippen molar-refractivity contribution in [3.63, 3.8) is 0 Å². The minimum atomic E-state index is -0.0654. The minimum Gasteiger partial charge on any atom is -0.392 e. The van der Waals surface area contributed by atoms with Gasteiger partial charge in [-0.15, -0.1) is 12.4 Å². The fraction of sp³-hybridized carbons (Fsp3) is 0.105. The van der Waals surface area contributed by atoms with E-state index in [2.05, 4.69) is 17.1 Å². The lowest BCUT2D eigenvalue weighted by atomic mass is 10.00. The van der Waals surface area contributed by atoms with Gasteiger partial charge in [0, 0.05) is 23.2 Å². The first kappa shape index (κ1) is 19.8. The van der Waals surface area contributed by atoms with Crippen LogP contribution in [-0.4, -0.2) is 10.1 Å². The van der Waals surface area contributed by atoms with Gasteiger partial charge in [0.2, 0.25) is 0 Å². The summed E-state index contributed by atoms with van der Waals surface area (Å²) in [6, 6.07) is 17.6. The van der Waals surface area contributed by atoms with Crippen LogP contribution in [0.2, 0.25) is 5.02 Å². The molecule has 0 bridgehead atoms. The van der Waals surface area contributed by atoms with Crippen molar-refractivity contribution in [2.45, 2.75) is 23.1 Å². The van der Waals surface area contributed by atoms with E-state index in [1.165, 1.54) is 11.8 Å². The van der Waals surface area contributed by atoms with Gasteiger partial charge in [-0.2, -0.15) is 0 Å². The molecule has 0 fully saturated rings. The average molecular weight is 393 g/mol. The summed E-state index contributed by atoms with van der Waals surface area (Å²) in [6.07, 6.45) is 1.71. The molecule has 0 radical (unpaired) electrons. The number of rotatable bonds is 5. The Hall–Kier alpha value is -1.56. The van der Waals surface area contributed by atoms with Crippen LogP contribution < -0.4 is 5.73 Å². The maximum absolute atomic E-state index is 9.51.